The summed E-state index contributed by atoms with van der Waals surface area (Å²) in [5, 5.41) is 0.223. The lowest BCUT2D eigenvalue weighted by atomic mass is 10.1. The standard InChI is InChI=1S/C10H9BrClNO3S/c1-10(2)9(14)13(17(10,15)16)8-5-6(11)3-4-7(8)12/h3-5H,1-2H3. The first-order valence-corrected chi connectivity index (χ1v) is 7.35. The van der Waals surface area contributed by atoms with Gasteiger partial charge < -0.3 is 0 Å². The molecule has 1 amide bonds. The van der Waals surface area contributed by atoms with Crippen LogP contribution in [0.25, 0.3) is 0 Å². The number of benzene rings is 1. The molecule has 0 bridgehead atoms. The van der Waals surface area contributed by atoms with E-state index in [2.05, 4.69) is 15.9 Å². The van der Waals surface area contributed by atoms with E-state index >= 15 is 0 Å². The number of amides is 1. The second-order valence-electron chi connectivity index (χ2n) is 4.18. The first kappa shape index (κ1) is 12.9. The summed E-state index contributed by atoms with van der Waals surface area (Å²) in [6, 6.07) is 4.72. The lowest BCUT2D eigenvalue weighted by Crippen LogP contribution is -2.67. The second kappa shape index (κ2) is 3.70. The van der Waals surface area contributed by atoms with Crippen LogP contribution in [0.4, 0.5) is 5.69 Å². The van der Waals surface area contributed by atoms with Crippen molar-refractivity contribution in [2.24, 2.45) is 0 Å². The molecular weight excluding hydrogens is 330 g/mol. The van der Waals surface area contributed by atoms with Gasteiger partial charge in [-0.1, -0.05) is 27.5 Å². The molecule has 92 valence electrons. The molecule has 0 radical (unpaired) electrons. The molecule has 1 aromatic carbocycles. The van der Waals surface area contributed by atoms with Gasteiger partial charge in [-0.25, -0.2) is 12.7 Å². The van der Waals surface area contributed by atoms with Gasteiger partial charge in [0.15, 0.2) is 4.75 Å². The summed E-state index contributed by atoms with van der Waals surface area (Å²) >= 11 is 9.12. The SMILES string of the molecule is CC1(C)C(=O)N(c2cc(Br)ccc2Cl)S1(=O)=O. The molecule has 4 nitrogen and oxygen atoms in total. The number of anilines is 1. The molecule has 1 fully saturated rings. The molecule has 0 atom stereocenters. The number of hydrogen-bond acceptors (Lipinski definition) is 3. The van der Waals surface area contributed by atoms with E-state index in [-0.39, 0.29) is 10.7 Å². The Hall–Kier alpha value is -0.590. The van der Waals surface area contributed by atoms with Crippen LogP contribution in [-0.4, -0.2) is 19.1 Å². The van der Waals surface area contributed by atoms with E-state index in [1.807, 2.05) is 0 Å². The molecule has 17 heavy (non-hydrogen) atoms. The van der Waals surface area contributed by atoms with Gasteiger partial charge in [0.25, 0.3) is 15.9 Å². The molecule has 1 aromatic rings. The fraction of sp³-hybridized carbons (Fsp3) is 0.300. The fourth-order valence-corrected chi connectivity index (χ4v) is 3.63. The molecule has 0 aromatic heterocycles. The molecule has 1 saturated heterocycles. The van der Waals surface area contributed by atoms with E-state index in [1.54, 1.807) is 6.07 Å². The quantitative estimate of drug-likeness (QED) is 0.791. The maximum atomic E-state index is 12.0. The van der Waals surface area contributed by atoms with E-state index in [9.17, 15) is 13.2 Å². The Morgan fingerprint density at radius 2 is 1.94 bits per heavy atom. The molecular formula is C10H9BrClNO3S. The highest BCUT2D eigenvalue weighted by Gasteiger charge is 2.61. The Labute approximate surface area is 113 Å². The highest BCUT2D eigenvalue weighted by molar-refractivity contribution is 9.10. The van der Waals surface area contributed by atoms with Crippen LogP contribution in [0.15, 0.2) is 22.7 Å². The summed E-state index contributed by atoms with van der Waals surface area (Å²) < 4.78 is 24.0. The molecule has 7 heteroatoms. The summed E-state index contributed by atoms with van der Waals surface area (Å²) in [6.07, 6.45) is 0. The molecule has 0 spiro atoms. The minimum absolute atomic E-state index is 0.186. The Bertz CT molecular complexity index is 612. The predicted molar refractivity (Wildman–Crippen MR) is 69.6 cm³/mol. The van der Waals surface area contributed by atoms with Crippen molar-refractivity contribution in [3.8, 4) is 0 Å². The minimum Gasteiger partial charge on any atom is -0.272 e. The lowest BCUT2D eigenvalue weighted by molar-refractivity contribution is -0.120. The van der Waals surface area contributed by atoms with Crippen molar-refractivity contribution in [1.82, 2.24) is 0 Å². The molecule has 0 aliphatic carbocycles. The van der Waals surface area contributed by atoms with Crippen LogP contribution >= 0.6 is 27.5 Å². The van der Waals surface area contributed by atoms with Gasteiger partial charge in [-0.05, 0) is 32.0 Å². The zero-order chi connectivity index (χ0) is 13.0. The minimum atomic E-state index is -3.66. The van der Waals surface area contributed by atoms with Gasteiger partial charge in [-0.2, -0.15) is 0 Å². The zero-order valence-corrected chi connectivity index (χ0v) is 12.2. The first-order valence-electron chi connectivity index (χ1n) is 4.74. The van der Waals surface area contributed by atoms with Gasteiger partial charge in [0.2, 0.25) is 0 Å². The van der Waals surface area contributed by atoms with Crippen molar-refractivity contribution in [2.45, 2.75) is 18.6 Å². The lowest BCUT2D eigenvalue weighted by Gasteiger charge is -2.43. The van der Waals surface area contributed by atoms with E-state index in [1.165, 1.54) is 26.0 Å². The third-order valence-corrected chi connectivity index (χ3v) is 5.83. The topological polar surface area (TPSA) is 54.5 Å². The molecule has 1 aliphatic heterocycles. The van der Waals surface area contributed by atoms with Gasteiger partial charge in [0, 0.05) is 4.47 Å². The number of carbonyl (C=O) groups excluding carboxylic acids is 1. The molecule has 2 rings (SSSR count). The first-order chi connectivity index (χ1) is 7.69. The Morgan fingerprint density at radius 3 is 2.47 bits per heavy atom. The average Bonchev–Trinajstić information content (AvgIpc) is 2.22. The third kappa shape index (κ3) is 1.62. The van der Waals surface area contributed by atoms with Crippen LogP contribution in [-0.2, 0) is 14.8 Å². The number of sulfonamides is 1. The van der Waals surface area contributed by atoms with Crippen molar-refractivity contribution >= 4 is 49.1 Å². The van der Waals surface area contributed by atoms with Gasteiger partial charge in [-0.15, -0.1) is 0 Å². The van der Waals surface area contributed by atoms with Gasteiger partial charge in [0.05, 0.1) is 10.7 Å². The highest BCUT2D eigenvalue weighted by Crippen LogP contribution is 2.42. The van der Waals surface area contributed by atoms with Crippen molar-refractivity contribution in [3.05, 3.63) is 27.7 Å². The fourth-order valence-electron chi connectivity index (χ4n) is 1.53. The maximum Gasteiger partial charge on any atom is 0.263 e. The van der Waals surface area contributed by atoms with E-state index in [0.717, 1.165) is 4.31 Å². The summed E-state index contributed by atoms with van der Waals surface area (Å²) in [7, 11) is -3.66. The second-order valence-corrected chi connectivity index (χ2v) is 7.84. The molecule has 1 aliphatic rings. The number of carbonyl (C=O) groups is 1. The maximum absolute atomic E-state index is 12.0. The van der Waals surface area contributed by atoms with Crippen LogP contribution < -0.4 is 4.31 Å². The normalized spacial score (nSPS) is 21.2. The summed E-state index contributed by atoms with van der Waals surface area (Å²) in [5.41, 5.74) is 0.186. The Kier molecular flexibility index (Phi) is 2.80. The smallest absolute Gasteiger partial charge is 0.263 e. The largest absolute Gasteiger partial charge is 0.272 e. The zero-order valence-electron chi connectivity index (χ0n) is 9.07. The summed E-state index contributed by atoms with van der Waals surface area (Å²) in [6.45, 7) is 2.76. The van der Waals surface area contributed by atoms with Crippen molar-refractivity contribution in [1.29, 1.82) is 0 Å². The highest BCUT2D eigenvalue weighted by atomic mass is 79.9. The van der Waals surface area contributed by atoms with Crippen molar-refractivity contribution in [3.63, 3.8) is 0 Å². The van der Waals surface area contributed by atoms with Crippen LogP contribution in [0, 0.1) is 0 Å². The molecule has 0 unspecified atom stereocenters. The van der Waals surface area contributed by atoms with Crippen LogP contribution in [0.1, 0.15) is 13.8 Å². The monoisotopic (exact) mass is 337 g/mol. The van der Waals surface area contributed by atoms with E-state index < -0.39 is 20.7 Å². The Morgan fingerprint density at radius 1 is 1.35 bits per heavy atom. The Balaban J connectivity index is 2.58. The third-order valence-electron chi connectivity index (χ3n) is 2.71. The molecule has 0 N–H and O–H groups in total. The summed E-state index contributed by atoms with van der Waals surface area (Å²) in [5.74, 6) is -0.475. The average molecular weight is 339 g/mol. The van der Waals surface area contributed by atoms with Crippen LogP contribution in [0.3, 0.4) is 0 Å². The number of rotatable bonds is 1. The van der Waals surface area contributed by atoms with Gasteiger partial charge >= 0.3 is 0 Å². The molecule has 1 heterocycles. The van der Waals surface area contributed by atoms with Crippen molar-refractivity contribution < 1.29 is 13.2 Å². The predicted octanol–water partition coefficient (Wildman–Crippen LogP) is 2.56. The number of hydrogen-bond donors (Lipinski definition) is 0. The van der Waals surface area contributed by atoms with Crippen molar-refractivity contribution in [2.75, 3.05) is 4.31 Å². The number of nitrogens with zero attached hydrogens (tertiary/aromatic N) is 1. The number of halogens is 2. The van der Waals surface area contributed by atoms with Gasteiger partial charge in [-0.3, -0.25) is 4.79 Å². The molecule has 0 saturated carbocycles. The van der Waals surface area contributed by atoms with Gasteiger partial charge in [0.1, 0.15) is 0 Å². The van der Waals surface area contributed by atoms with Crippen LogP contribution in [0.2, 0.25) is 5.02 Å². The van der Waals surface area contributed by atoms with E-state index in [0.29, 0.717) is 4.47 Å². The van der Waals surface area contributed by atoms with Crippen LogP contribution in [0.5, 0.6) is 0 Å². The van der Waals surface area contributed by atoms with E-state index in [4.69, 9.17) is 11.6 Å². The summed E-state index contributed by atoms with van der Waals surface area (Å²) in [4.78, 5) is 11.8.